The number of pyridine rings is 1. The molecule has 364 valence electrons. The fourth-order valence-electron chi connectivity index (χ4n) is 10.8. The summed E-state index contributed by atoms with van der Waals surface area (Å²) < 4.78 is 41.4. The van der Waals surface area contributed by atoms with Gasteiger partial charge in [0.1, 0.15) is 29.2 Å². The van der Waals surface area contributed by atoms with Crippen LogP contribution >= 0.6 is 0 Å². The predicted octanol–water partition coefficient (Wildman–Crippen LogP) is 4.27. The molecule has 0 aliphatic carbocycles. The number of cyclic esters (lactones) is 1. The lowest BCUT2D eigenvalue weighted by molar-refractivity contribution is -0.155. The summed E-state index contributed by atoms with van der Waals surface area (Å²) in [6.45, 7) is 13.7. The molecule has 7 heterocycles. The van der Waals surface area contributed by atoms with Crippen LogP contribution in [0.3, 0.4) is 0 Å². The SMILES string of the molecule is CCn1c(-c2cccnc2[C@H](C)OC)c2c3cc(ccc31)-c1cc(O)cc(c1)C[C@H](NC(=O)[C@H](C(C)C)N1CCC3(CN(S(=O)(=O)[C@@H]4CN4)C3)C1=O)C(=O)N1CCC[C@H](N1)C(=O)OCC(C)(C)C2. The monoisotopic (exact) mass is 952 g/mol. The normalized spacial score (nSPS) is 23.9. The third-order valence-electron chi connectivity index (χ3n) is 14.5. The first-order chi connectivity index (χ1) is 32.3. The number of amides is 3. The van der Waals surface area contributed by atoms with Gasteiger partial charge < -0.3 is 29.4 Å². The van der Waals surface area contributed by atoms with Gasteiger partial charge in [-0.25, -0.2) is 13.8 Å². The highest BCUT2D eigenvalue weighted by molar-refractivity contribution is 7.90. The number of rotatable bonds is 10. The van der Waals surface area contributed by atoms with Crippen molar-refractivity contribution < 1.29 is 42.2 Å². The molecule has 6 bridgehead atoms. The lowest BCUT2D eigenvalue weighted by Crippen LogP contribution is -2.64. The Bertz CT molecular complexity index is 2760. The molecule has 2 aromatic carbocycles. The third-order valence-corrected chi connectivity index (χ3v) is 16.5. The van der Waals surface area contributed by atoms with E-state index >= 15 is 0 Å². The number of esters is 1. The number of nitrogens with zero attached hydrogens (tertiary/aromatic N) is 5. The average Bonchev–Trinajstić information content (AvgIpc) is 4.06. The summed E-state index contributed by atoms with van der Waals surface area (Å²) in [5.41, 5.74) is 8.56. The molecule has 0 radical (unpaired) electrons. The van der Waals surface area contributed by atoms with Crippen molar-refractivity contribution in [2.75, 3.05) is 46.4 Å². The lowest BCUT2D eigenvalue weighted by Gasteiger charge is -2.45. The maximum atomic E-state index is 14.8. The number of nitrogens with one attached hydrogen (secondary N) is 3. The standard InChI is InChI=1S/C50H64N8O9S/c1-8-56-40-14-13-32-23-36(40)37(44(56)35-11-9-16-51-42(35)30(4)66-7)24-49(5,6)28-67-47(62)38-12-10-17-58(54-38)46(61)39(21-31-19-33(32)22-34(59)20-31)53-45(60)43(29(2)3)57-18-15-50(48(57)63)26-55(27-50)68(64,65)41-25-52-41/h9,11,13-14,16,19-20,22-23,29-30,38-39,41,43,52,54,59H,8,10,12,15,17-18,21,24-28H2,1-7H3,(H,53,60)/t30-,38-,39-,41+,43-/m0/s1. The van der Waals surface area contributed by atoms with E-state index in [1.54, 1.807) is 30.3 Å². The molecule has 0 saturated carbocycles. The topological polar surface area (TPSA) is 215 Å². The van der Waals surface area contributed by atoms with E-state index in [-0.39, 0.29) is 62.9 Å². The molecule has 3 amide bonds. The van der Waals surface area contributed by atoms with E-state index in [4.69, 9.17) is 14.5 Å². The van der Waals surface area contributed by atoms with Crippen LogP contribution in [0.5, 0.6) is 5.75 Å². The van der Waals surface area contributed by atoms with E-state index < -0.39 is 62.1 Å². The zero-order valence-electron chi connectivity index (χ0n) is 40.0. The number of aromatic nitrogens is 2. The molecule has 9 rings (SSSR count). The molecule has 5 atom stereocenters. The first-order valence-electron chi connectivity index (χ1n) is 23.9. The highest BCUT2D eigenvalue weighted by Crippen LogP contribution is 2.45. The Kier molecular flexibility index (Phi) is 12.7. The third kappa shape index (κ3) is 8.78. The summed E-state index contributed by atoms with van der Waals surface area (Å²) in [7, 11) is -1.88. The summed E-state index contributed by atoms with van der Waals surface area (Å²) in [6.07, 6.45) is 3.32. The number of carbonyl (C=O) groups is 4. The summed E-state index contributed by atoms with van der Waals surface area (Å²) >= 11 is 0. The van der Waals surface area contributed by atoms with Crippen molar-refractivity contribution in [2.24, 2.45) is 16.7 Å². The number of hydrazine groups is 1. The van der Waals surface area contributed by atoms with E-state index in [1.165, 1.54) is 9.31 Å². The molecule has 5 aliphatic heterocycles. The second-order valence-electron chi connectivity index (χ2n) is 20.5. The smallest absolute Gasteiger partial charge is 0.324 e. The van der Waals surface area contributed by atoms with Crippen LogP contribution in [0.4, 0.5) is 0 Å². The Hall–Kier alpha value is -5.40. The van der Waals surface area contributed by atoms with Gasteiger partial charge >= 0.3 is 5.97 Å². The van der Waals surface area contributed by atoms with Crippen molar-refractivity contribution in [1.82, 2.24) is 39.8 Å². The Labute approximate surface area is 397 Å². The number of ether oxygens (including phenoxy) is 2. The zero-order valence-corrected chi connectivity index (χ0v) is 40.8. The highest BCUT2D eigenvalue weighted by atomic mass is 32.2. The van der Waals surface area contributed by atoms with E-state index in [2.05, 4.69) is 59.6 Å². The number of carbonyl (C=O) groups excluding carboxylic acids is 4. The molecule has 4 aromatic rings. The van der Waals surface area contributed by atoms with Gasteiger partial charge in [-0.1, -0.05) is 39.8 Å². The van der Waals surface area contributed by atoms with Crippen LogP contribution in [0.1, 0.15) is 83.7 Å². The molecule has 5 aliphatic rings. The van der Waals surface area contributed by atoms with Gasteiger partial charge in [0, 0.05) is 80.9 Å². The van der Waals surface area contributed by atoms with Crippen LogP contribution in [0.15, 0.2) is 54.7 Å². The number of hydrogen-bond acceptors (Lipinski definition) is 12. The second kappa shape index (κ2) is 18.2. The highest BCUT2D eigenvalue weighted by Gasteiger charge is 2.61. The van der Waals surface area contributed by atoms with Gasteiger partial charge in [-0.05, 0) is 104 Å². The predicted molar refractivity (Wildman–Crippen MR) is 255 cm³/mol. The molecule has 4 saturated heterocycles. The van der Waals surface area contributed by atoms with Gasteiger partial charge in [-0.3, -0.25) is 34.5 Å². The number of aryl methyl sites for hydroxylation is 1. The number of hydrogen-bond donors (Lipinski definition) is 4. The lowest BCUT2D eigenvalue weighted by atomic mass is 9.80. The number of phenols is 1. The number of benzene rings is 2. The van der Waals surface area contributed by atoms with E-state index in [0.717, 1.165) is 39.0 Å². The molecule has 4 N–H and O–H groups in total. The van der Waals surface area contributed by atoms with Gasteiger partial charge in [0.05, 0.1) is 29.5 Å². The number of fused-ring (bicyclic) bond motifs is 6. The van der Waals surface area contributed by atoms with Gasteiger partial charge in [-0.15, -0.1) is 0 Å². The van der Waals surface area contributed by atoms with Crippen molar-refractivity contribution in [3.05, 3.63) is 71.5 Å². The van der Waals surface area contributed by atoms with Gasteiger partial charge in [0.15, 0.2) is 0 Å². The van der Waals surface area contributed by atoms with E-state index in [1.807, 2.05) is 39.0 Å². The maximum Gasteiger partial charge on any atom is 0.324 e. The Morgan fingerprint density at radius 2 is 1.82 bits per heavy atom. The maximum absolute atomic E-state index is 14.8. The number of likely N-dealkylation sites (tertiary alicyclic amines) is 1. The van der Waals surface area contributed by atoms with Crippen molar-refractivity contribution in [3.63, 3.8) is 0 Å². The molecule has 1 spiro atoms. The van der Waals surface area contributed by atoms with Crippen LogP contribution in [0, 0.1) is 16.7 Å². The van der Waals surface area contributed by atoms with Crippen molar-refractivity contribution in [3.8, 4) is 28.1 Å². The van der Waals surface area contributed by atoms with Crippen molar-refractivity contribution >= 4 is 44.6 Å². The van der Waals surface area contributed by atoms with Crippen molar-refractivity contribution in [2.45, 2.75) is 110 Å². The van der Waals surface area contributed by atoms with Crippen LogP contribution in [0.25, 0.3) is 33.3 Å². The first kappa shape index (κ1) is 47.7. The summed E-state index contributed by atoms with van der Waals surface area (Å²) in [5.74, 6) is -2.16. The molecule has 4 fully saturated rings. The van der Waals surface area contributed by atoms with Crippen LogP contribution in [-0.4, -0.2) is 131 Å². The number of aromatic hydroxyl groups is 1. The molecular formula is C50H64N8O9S. The van der Waals surface area contributed by atoms with Crippen molar-refractivity contribution in [1.29, 1.82) is 0 Å². The van der Waals surface area contributed by atoms with Crippen LogP contribution in [-0.2, 0) is 58.1 Å². The summed E-state index contributed by atoms with van der Waals surface area (Å²) in [6, 6.07) is 12.4. The number of phenolic OH excluding ortho intramolecular Hbond substituents is 1. The fourth-order valence-corrected chi connectivity index (χ4v) is 12.5. The summed E-state index contributed by atoms with van der Waals surface area (Å²) in [5, 5.41) is 19.0. The number of sulfonamides is 1. The Morgan fingerprint density at radius 3 is 2.53 bits per heavy atom. The summed E-state index contributed by atoms with van der Waals surface area (Å²) in [4.78, 5) is 63.9. The van der Waals surface area contributed by atoms with Crippen LogP contribution < -0.4 is 16.1 Å². The molecule has 2 aromatic heterocycles. The molecule has 0 unspecified atom stereocenters. The average molecular weight is 953 g/mol. The first-order valence-corrected chi connectivity index (χ1v) is 25.4. The minimum atomic E-state index is -3.55. The van der Waals surface area contributed by atoms with Gasteiger partial charge in [0.25, 0.3) is 5.91 Å². The molecular weight excluding hydrogens is 889 g/mol. The van der Waals surface area contributed by atoms with Gasteiger partial charge in [-0.2, -0.15) is 4.31 Å². The minimum Gasteiger partial charge on any atom is -0.508 e. The van der Waals surface area contributed by atoms with E-state index in [9.17, 15) is 32.7 Å². The Morgan fingerprint density at radius 1 is 1.06 bits per heavy atom. The fraction of sp³-hybridized carbons (Fsp3) is 0.540. The second-order valence-corrected chi connectivity index (χ2v) is 22.6. The quantitative estimate of drug-likeness (QED) is 0.130. The number of methoxy groups -OCH3 is 1. The minimum absolute atomic E-state index is 0.0211. The Balaban J connectivity index is 1.09. The largest absolute Gasteiger partial charge is 0.508 e. The van der Waals surface area contributed by atoms with Crippen LogP contribution in [0.2, 0.25) is 0 Å². The molecule has 17 nitrogen and oxygen atoms in total. The zero-order chi connectivity index (χ0) is 48.4. The van der Waals surface area contributed by atoms with E-state index in [0.29, 0.717) is 49.9 Å². The molecule has 18 heteroatoms. The van der Waals surface area contributed by atoms with Gasteiger partial charge in [0.2, 0.25) is 21.8 Å². The molecule has 68 heavy (non-hydrogen) atoms.